The number of hydrogen-bond donors (Lipinski definition) is 0. The highest BCUT2D eigenvalue weighted by molar-refractivity contribution is 7.17. The van der Waals surface area contributed by atoms with E-state index < -0.39 is 0 Å². The van der Waals surface area contributed by atoms with Crippen molar-refractivity contribution in [3.63, 3.8) is 0 Å². The van der Waals surface area contributed by atoms with Gasteiger partial charge in [-0.05, 0) is 29.8 Å². The molecule has 5 nitrogen and oxygen atoms in total. The molecule has 6 heteroatoms. The van der Waals surface area contributed by atoms with Crippen LogP contribution in [-0.4, -0.2) is 33.7 Å². The zero-order chi connectivity index (χ0) is 18.4. The molecule has 3 heterocycles. The van der Waals surface area contributed by atoms with E-state index in [9.17, 15) is 0 Å². The molecule has 5 aromatic rings. The Labute approximate surface area is 160 Å². The minimum atomic E-state index is 0.801. The summed E-state index contributed by atoms with van der Waals surface area (Å²) >= 11 is 1.64. The maximum Gasteiger partial charge on any atom is 0.173 e. The Bertz CT molecular complexity index is 1240. The van der Waals surface area contributed by atoms with Crippen molar-refractivity contribution >= 4 is 32.9 Å². The molecule has 27 heavy (non-hydrogen) atoms. The van der Waals surface area contributed by atoms with Crippen LogP contribution in [0.1, 0.15) is 0 Å². The van der Waals surface area contributed by atoms with Gasteiger partial charge in [0.1, 0.15) is 11.2 Å². The lowest BCUT2D eigenvalue weighted by Crippen LogP contribution is -2.08. The second-order valence-corrected chi connectivity index (χ2v) is 7.46. The number of rotatable bonds is 3. The molecular formula is C21H17N5S. The molecule has 132 valence electrons. The van der Waals surface area contributed by atoms with Gasteiger partial charge in [0.15, 0.2) is 11.5 Å². The van der Waals surface area contributed by atoms with Crippen molar-refractivity contribution in [2.45, 2.75) is 0 Å². The standard InChI is InChI=1S/C21H17N5S/c1-25(2)16-10-8-15(9-11-16)19-23-24-20-18-17(14-6-4-3-5-7-14)12-27-21(18)22-13-26(19)20/h3-13H,1-2H3. The van der Waals surface area contributed by atoms with Crippen LogP contribution < -0.4 is 4.90 Å². The predicted molar refractivity (Wildman–Crippen MR) is 111 cm³/mol. The van der Waals surface area contributed by atoms with E-state index in [-0.39, 0.29) is 0 Å². The number of nitrogens with zero attached hydrogens (tertiary/aromatic N) is 5. The summed E-state index contributed by atoms with van der Waals surface area (Å²) in [6.45, 7) is 0. The maximum absolute atomic E-state index is 4.65. The monoisotopic (exact) mass is 371 g/mol. The molecule has 5 rings (SSSR count). The van der Waals surface area contributed by atoms with E-state index in [1.807, 2.05) is 43.0 Å². The van der Waals surface area contributed by atoms with Gasteiger partial charge in [0.2, 0.25) is 0 Å². The summed E-state index contributed by atoms with van der Waals surface area (Å²) in [5.74, 6) is 0.801. The molecule has 2 aromatic carbocycles. The Balaban J connectivity index is 1.71. The third-order valence-corrected chi connectivity index (χ3v) is 5.59. The third-order valence-electron chi connectivity index (χ3n) is 4.71. The molecule has 0 aliphatic rings. The van der Waals surface area contributed by atoms with Gasteiger partial charge in [0.05, 0.1) is 5.39 Å². The van der Waals surface area contributed by atoms with Crippen molar-refractivity contribution in [1.82, 2.24) is 19.6 Å². The van der Waals surface area contributed by atoms with Crippen molar-refractivity contribution in [2.75, 3.05) is 19.0 Å². The van der Waals surface area contributed by atoms with Crippen LogP contribution in [0.4, 0.5) is 5.69 Å². The van der Waals surface area contributed by atoms with E-state index in [0.29, 0.717) is 0 Å². The highest BCUT2D eigenvalue weighted by Crippen LogP contribution is 2.35. The Morgan fingerprint density at radius 1 is 0.889 bits per heavy atom. The second kappa shape index (κ2) is 6.17. The van der Waals surface area contributed by atoms with Crippen molar-refractivity contribution < 1.29 is 0 Å². The normalized spacial score (nSPS) is 11.3. The summed E-state index contributed by atoms with van der Waals surface area (Å²) in [5, 5.41) is 12.2. The maximum atomic E-state index is 4.65. The molecule has 3 aromatic heterocycles. The molecule has 0 aliphatic carbocycles. The van der Waals surface area contributed by atoms with Gasteiger partial charge < -0.3 is 4.90 Å². The smallest absolute Gasteiger partial charge is 0.173 e. The van der Waals surface area contributed by atoms with Crippen molar-refractivity contribution in [3.8, 4) is 22.5 Å². The van der Waals surface area contributed by atoms with Crippen LogP contribution in [0.3, 0.4) is 0 Å². The van der Waals surface area contributed by atoms with Crippen LogP contribution in [0, 0.1) is 0 Å². The van der Waals surface area contributed by atoms with Gasteiger partial charge in [0, 0.05) is 36.3 Å². The summed E-state index contributed by atoms with van der Waals surface area (Å²) < 4.78 is 1.98. The number of aromatic nitrogens is 4. The molecule has 0 bridgehead atoms. The summed E-state index contributed by atoms with van der Waals surface area (Å²) in [6, 6.07) is 18.7. The van der Waals surface area contributed by atoms with E-state index in [1.165, 1.54) is 5.56 Å². The van der Waals surface area contributed by atoms with Gasteiger partial charge >= 0.3 is 0 Å². The van der Waals surface area contributed by atoms with Crippen molar-refractivity contribution in [3.05, 3.63) is 66.3 Å². The molecular weight excluding hydrogens is 354 g/mol. The molecule has 0 saturated heterocycles. The average molecular weight is 371 g/mol. The fourth-order valence-corrected chi connectivity index (χ4v) is 4.19. The van der Waals surface area contributed by atoms with Crippen LogP contribution in [0.5, 0.6) is 0 Å². The van der Waals surface area contributed by atoms with Crippen LogP contribution in [0.25, 0.3) is 38.4 Å². The summed E-state index contributed by atoms with van der Waals surface area (Å²) in [6.07, 6.45) is 1.82. The minimum Gasteiger partial charge on any atom is -0.378 e. The zero-order valence-corrected chi connectivity index (χ0v) is 15.8. The van der Waals surface area contributed by atoms with E-state index in [0.717, 1.165) is 38.5 Å². The fraction of sp³-hybridized carbons (Fsp3) is 0.0952. The van der Waals surface area contributed by atoms with E-state index in [4.69, 9.17) is 0 Å². The summed E-state index contributed by atoms with van der Waals surface area (Å²) in [7, 11) is 4.06. The quantitative estimate of drug-likeness (QED) is 0.460. The first kappa shape index (κ1) is 16.0. The lowest BCUT2D eigenvalue weighted by Gasteiger charge is -2.12. The highest BCUT2D eigenvalue weighted by Gasteiger charge is 2.16. The number of hydrogen-bond acceptors (Lipinski definition) is 5. The minimum absolute atomic E-state index is 0.801. The Kier molecular flexibility index (Phi) is 3.65. The molecule has 0 atom stereocenters. The number of thiophene rings is 1. The molecule has 0 spiro atoms. The SMILES string of the molecule is CN(C)c1ccc(-c2nnc3c4c(-c5ccccc5)csc4ncn23)cc1. The van der Waals surface area contributed by atoms with Gasteiger partial charge in [-0.15, -0.1) is 21.5 Å². The topological polar surface area (TPSA) is 46.3 Å². The lowest BCUT2D eigenvalue weighted by atomic mass is 10.1. The summed E-state index contributed by atoms with van der Waals surface area (Å²) in [5.41, 5.74) is 5.32. The van der Waals surface area contributed by atoms with Gasteiger partial charge in [-0.25, -0.2) is 4.98 Å². The van der Waals surface area contributed by atoms with Gasteiger partial charge in [0.25, 0.3) is 0 Å². The molecule has 0 N–H and O–H groups in total. The predicted octanol–water partition coefficient (Wildman–Crippen LogP) is 4.74. The van der Waals surface area contributed by atoms with Crippen LogP contribution >= 0.6 is 11.3 Å². The molecule has 0 amide bonds. The lowest BCUT2D eigenvalue weighted by molar-refractivity contribution is 1.09. The van der Waals surface area contributed by atoms with E-state index in [2.05, 4.69) is 61.9 Å². The zero-order valence-electron chi connectivity index (χ0n) is 15.0. The Hall–Kier alpha value is -3.25. The number of fused-ring (bicyclic) bond motifs is 3. The number of anilines is 1. The molecule has 0 radical (unpaired) electrons. The van der Waals surface area contributed by atoms with Crippen LogP contribution in [0.2, 0.25) is 0 Å². The molecule has 0 unspecified atom stereocenters. The Morgan fingerprint density at radius 2 is 1.67 bits per heavy atom. The second-order valence-electron chi connectivity index (χ2n) is 6.60. The molecule has 0 saturated carbocycles. The van der Waals surface area contributed by atoms with E-state index in [1.54, 1.807) is 11.3 Å². The third kappa shape index (κ3) is 2.57. The highest BCUT2D eigenvalue weighted by atomic mass is 32.1. The first-order valence-electron chi connectivity index (χ1n) is 8.66. The Morgan fingerprint density at radius 3 is 2.41 bits per heavy atom. The van der Waals surface area contributed by atoms with Gasteiger partial charge in [-0.3, -0.25) is 4.40 Å². The van der Waals surface area contributed by atoms with Crippen molar-refractivity contribution in [2.24, 2.45) is 0 Å². The fourth-order valence-electron chi connectivity index (χ4n) is 3.28. The largest absolute Gasteiger partial charge is 0.378 e. The van der Waals surface area contributed by atoms with Gasteiger partial charge in [-0.2, -0.15) is 0 Å². The summed E-state index contributed by atoms with van der Waals surface area (Å²) in [4.78, 5) is 7.71. The average Bonchev–Trinajstić information content (AvgIpc) is 3.32. The van der Waals surface area contributed by atoms with Crippen LogP contribution in [-0.2, 0) is 0 Å². The van der Waals surface area contributed by atoms with Crippen molar-refractivity contribution in [1.29, 1.82) is 0 Å². The first-order chi connectivity index (χ1) is 13.2. The first-order valence-corrected chi connectivity index (χ1v) is 9.54. The molecule has 0 fully saturated rings. The van der Waals surface area contributed by atoms with E-state index >= 15 is 0 Å². The van der Waals surface area contributed by atoms with Crippen LogP contribution in [0.15, 0.2) is 66.3 Å². The van der Waals surface area contributed by atoms with Gasteiger partial charge in [-0.1, -0.05) is 30.3 Å². The number of benzene rings is 2. The molecule has 0 aliphatic heterocycles.